The van der Waals surface area contributed by atoms with E-state index in [-0.39, 0.29) is 18.0 Å². The number of pyridine rings is 1. The number of ether oxygens (including phenoxy) is 2. The number of rotatable bonds is 4. The van der Waals surface area contributed by atoms with E-state index >= 15 is 0 Å². The molecule has 2 aliphatic heterocycles. The van der Waals surface area contributed by atoms with Crippen LogP contribution in [0, 0.1) is 5.92 Å². The maximum Gasteiger partial charge on any atom is 0.416 e. The van der Waals surface area contributed by atoms with Crippen molar-refractivity contribution >= 4 is 6.09 Å². The van der Waals surface area contributed by atoms with Gasteiger partial charge in [0.1, 0.15) is 0 Å². The molecule has 7 heteroatoms. The van der Waals surface area contributed by atoms with Crippen molar-refractivity contribution in [2.24, 2.45) is 5.92 Å². The molecule has 0 bridgehead atoms. The standard InChI is InChI=1S/C19H30N4O3/c1-14(2)22-11-12-23(16(13-22)15-7-9-20-10-8-15)19(24)26-18-6-4-5-17(21-18)25-3/h4-6,14-16,20H,7-13H2,1-3H3. The van der Waals surface area contributed by atoms with Crippen LogP contribution in [-0.4, -0.2) is 72.8 Å². The molecule has 2 saturated heterocycles. The normalized spacial score (nSPS) is 22.5. The minimum absolute atomic E-state index is 0.186. The van der Waals surface area contributed by atoms with Gasteiger partial charge in [-0.05, 0) is 45.7 Å². The summed E-state index contributed by atoms with van der Waals surface area (Å²) in [6.07, 6.45) is 1.88. The molecule has 1 atom stereocenters. The molecule has 3 heterocycles. The lowest BCUT2D eigenvalue weighted by Gasteiger charge is -2.46. The Morgan fingerprint density at radius 1 is 1.23 bits per heavy atom. The number of piperidine rings is 1. The fourth-order valence-corrected chi connectivity index (χ4v) is 3.87. The summed E-state index contributed by atoms with van der Waals surface area (Å²) in [6.45, 7) is 8.94. The van der Waals surface area contributed by atoms with Gasteiger partial charge in [0.2, 0.25) is 11.8 Å². The average molecular weight is 362 g/mol. The number of hydrogen-bond donors (Lipinski definition) is 1. The van der Waals surface area contributed by atoms with Crippen LogP contribution in [-0.2, 0) is 0 Å². The number of nitrogens with zero attached hydrogens (tertiary/aromatic N) is 3. The minimum Gasteiger partial charge on any atom is -0.481 e. The van der Waals surface area contributed by atoms with E-state index in [1.54, 1.807) is 25.3 Å². The van der Waals surface area contributed by atoms with Gasteiger partial charge < -0.3 is 19.7 Å². The highest BCUT2D eigenvalue weighted by Gasteiger charge is 2.37. The van der Waals surface area contributed by atoms with Crippen molar-refractivity contribution in [3.63, 3.8) is 0 Å². The second kappa shape index (κ2) is 8.68. The summed E-state index contributed by atoms with van der Waals surface area (Å²) >= 11 is 0. The summed E-state index contributed by atoms with van der Waals surface area (Å²) in [5, 5.41) is 3.41. The number of carbonyl (C=O) groups is 1. The second-order valence-electron chi connectivity index (χ2n) is 7.32. The monoisotopic (exact) mass is 362 g/mol. The fourth-order valence-electron chi connectivity index (χ4n) is 3.87. The topological polar surface area (TPSA) is 66.9 Å². The quantitative estimate of drug-likeness (QED) is 0.883. The van der Waals surface area contributed by atoms with Gasteiger partial charge in [-0.3, -0.25) is 4.90 Å². The highest BCUT2D eigenvalue weighted by atomic mass is 16.6. The second-order valence-corrected chi connectivity index (χ2v) is 7.32. The molecule has 2 fully saturated rings. The predicted octanol–water partition coefficient (Wildman–Crippen LogP) is 1.98. The molecule has 1 amide bonds. The predicted molar refractivity (Wildman–Crippen MR) is 99.6 cm³/mol. The average Bonchev–Trinajstić information content (AvgIpc) is 2.68. The van der Waals surface area contributed by atoms with E-state index in [2.05, 4.69) is 29.0 Å². The first kappa shape index (κ1) is 18.9. The highest BCUT2D eigenvalue weighted by Crippen LogP contribution is 2.26. The van der Waals surface area contributed by atoms with Crippen molar-refractivity contribution in [1.82, 2.24) is 20.1 Å². The Morgan fingerprint density at radius 3 is 2.65 bits per heavy atom. The fraction of sp³-hybridized carbons (Fsp3) is 0.684. The molecule has 0 saturated carbocycles. The number of nitrogens with one attached hydrogen (secondary N) is 1. The smallest absolute Gasteiger partial charge is 0.416 e. The third-order valence-electron chi connectivity index (χ3n) is 5.44. The van der Waals surface area contributed by atoms with E-state index < -0.39 is 0 Å². The van der Waals surface area contributed by atoms with Crippen LogP contribution < -0.4 is 14.8 Å². The Kier molecular flexibility index (Phi) is 6.32. The lowest BCUT2D eigenvalue weighted by molar-refractivity contribution is 0.0268. The third kappa shape index (κ3) is 4.45. The molecule has 144 valence electrons. The van der Waals surface area contributed by atoms with Crippen LogP contribution in [0.15, 0.2) is 18.2 Å². The minimum atomic E-state index is -0.308. The number of aromatic nitrogens is 1. The first-order valence-corrected chi connectivity index (χ1v) is 9.52. The first-order chi connectivity index (χ1) is 12.6. The molecule has 26 heavy (non-hydrogen) atoms. The summed E-state index contributed by atoms with van der Waals surface area (Å²) in [4.78, 5) is 21.5. The molecule has 1 aromatic heterocycles. The lowest BCUT2D eigenvalue weighted by atomic mass is 9.87. The Labute approximate surface area is 155 Å². The zero-order chi connectivity index (χ0) is 18.5. The Balaban J connectivity index is 1.72. The van der Waals surface area contributed by atoms with Crippen LogP contribution in [0.25, 0.3) is 0 Å². The van der Waals surface area contributed by atoms with Crippen LogP contribution in [0.3, 0.4) is 0 Å². The summed E-state index contributed by atoms with van der Waals surface area (Å²) in [7, 11) is 1.55. The van der Waals surface area contributed by atoms with Gasteiger partial charge in [0.25, 0.3) is 0 Å². The van der Waals surface area contributed by atoms with Crippen LogP contribution in [0.2, 0.25) is 0 Å². The van der Waals surface area contributed by atoms with Gasteiger partial charge in [0.15, 0.2) is 0 Å². The Bertz CT molecular complexity index is 604. The molecule has 3 rings (SSSR count). The van der Waals surface area contributed by atoms with Gasteiger partial charge in [-0.1, -0.05) is 6.07 Å². The maximum atomic E-state index is 12.9. The third-order valence-corrected chi connectivity index (χ3v) is 5.44. The number of piperazine rings is 1. The van der Waals surface area contributed by atoms with E-state index in [4.69, 9.17) is 9.47 Å². The number of amides is 1. The highest BCUT2D eigenvalue weighted by molar-refractivity contribution is 5.71. The van der Waals surface area contributed by atoms with Gasteiger partial charge in [0.05, 0.1) is 13.2 Å². The number of carbonyl (C=O) groups excluding carboxylic acids is 1. The van der Waals surface area contributed by atoms with Crippen LogP contribution in [0.4, 0.5) is 4.79 Å². The molecular weight excluding hydrogens is 332 g/mol. The Hall–Kier alpha value is -1.86. The van der Waals surface area contributed by atoms with Gasteiger partial charge in [-0.25, -0.2) is 4.79 Å². The van der Waals surface area contributed by atoms with Crippen molar-refractivity contribution < 1.29 is 14.3 Å². The van der Waals surface area contributed by atoms with Gasteiger partial charge in [-0.15, -0.1) is 0 Å². The maximum absolute atomic E-state index is 12.9. The molecule has 0 spiro atoms. The summed E-state index contributed by atoms with van der Waals surface area (Å²) < 4.78 is 10.7. The Morgan fingerprint density at radius 2 is 1.96 bits per heavy atom. The molecule has 2 aliphatic rings. The molecular formula is C19H30N4O3. The molecule has 0 aromatic carbocycles. The number of hydrogen-bond acceptors (Lipinski definition) is 6. The first-order valence-electron chi connectivity index (χ1n) is 9.52. The SMILES string of the molecule is COc1cccc(OC(=O)N2CCN(C(C)C)CC2C2CCNCC2)n1. The summed E-state index contributed by atoms with van der Waals surface area (Å²) in [5.74, 6) is 1.23. The molecule has 7 nitrogen and oxygen atoms in total. The molecule has 1 unspecified atom stereocenters. The molecule has 0 radical (unpaired) electrons. The summed E-state index contributed by atoms with van der Waals surface area (Å²) in [6, 6.07) is 5.86. The number of methoxy groups -OCH3 is 1. The van der Waals surface area contributed by atoms with E-state index in [1.165, 1.54) is 0 Å². The van der Waals surface area contributed by atoms with E-state index in [1.807, 2.05) is 4.90 Å². The molecule has 1 aromatic rings. The molecule has 1 N–H and O–H groups in total. The van der Waals surface area contributed by atoms with Crippen LogP contribution in [0.1, 0.15) is 26.7 Å². The van der Waals surface area contributed by atoms with E-state index in [0.717, 1.165) is 39.0 Å². The van der Waals surface area contributed by atoms with E-state index in [0.29, 0.717) is 24.4 Å². The summed E-state index contributed by atoms with van der Waals surface area (Å²) in [5.41, 5.74) is 0. The van der Waals surface area contributed by atoms with Gasteiger partial charge in [0, 0.05) is 37.8 Å². The lowest BCUT2D eigenvalue weighted by Crippen LogP contribution is -2.60. The van der Waals surface area contributed by atoms with Crippen molar-refractivity contribution in [1.29, 1.82) is 0 Å². The van der Waals surface area contributed by atoms with Crippen molar-refractivity contribution in [3.8, 4) is 11.8 Å². The van der Waals surface area contributed by atoms with Crippen molar-refractivity contribution in [3.05, 3.63) is 18.2 Å². The van der Waals surface area contributed by atoms with Crippen molar-refractivity contribution in [2.75, 3.05) is 39.8 Å². The van der Waals surface area contributed by atoms with Crippen LogP contribution in [0.5, 0.6) is 11.8 Å². The van der Waals surface area contributed by atoms with Crippen LogP contribution >= 0.6 is 0 Å². The van der Waals surface area contributed by atoms with Gasteiger partial charge >= 0.3 is 6.09 Å². The van der Waals surface area contributed by atoms with Gasteiger partial charge in [-0.2, -0.15) is 4.98 Å². The van der Waals surface area contributed by atoms with E-state index in [9.17, 15) is 4.79 Å². The zero-order valence-corrected chi connectivity index (χ0v) is 16.0. The largest absolute Gasteiger partial charge is 0.481 e. The molecule has 0 aliphatic carbocycles. The zero-order valence-electron chi connectivity index (χ0n) is 16.0. The van der Waals surface area contributed by atoms with Crippen molar-refractivity contribution in [2.45, 2.75) is 38.8 Å².